The molecule has 0 aromatic heterocycles. The van der Waals surface area contributed by atoms with Crippen LogP contribution in [0, 0.1) is 17.2 Å². The number of sulfonamides is 1. The summed E-state index contributed by atoms with van der Waals surface area (Å²) in [5, 5.41) is 17.3. The minimum absolute atomic E-state index is 0.0406. The molecule has 0 bridgehead atoms. The molecule has 42 heavy (non-hydrogen) atoms. The fourth-order valence-corrected chi connectivity index (χ4v) is 7.45. The van der Waals surface area contributed by atoms with Gasteiger partial charge in [0.15, 0.2) is 0 Å². The maximum Gasteiger partial charge on any atom is 0.251 e. The van der Waals surface area contributed by atoms with E-state index in [-0.39, 0.29) is 48.5 Å². The van der Waals surface area contributed by atoms with E-state index in [1.165, 1.54) is 22.9 Å². The number of fused-ring (bicyclic) bond motifs is 1. The lowest BCUT2D eigenvalue weighted by molar-refractivity contribution is -0.124. The van der Waals surface area contributed by atoms with Crippen molar-refractivity contribution in [2.24, 2.45) is 5.92 Å². The molecule has 1 saturated carbocycles. The Bertz CT molecular complexity index is 1580. The topological polar surface area (TPSA) is 129 Å². The summed E-state index contributed by atoms with van der Waals surface area (Å²) in [6.45, 7) is 0.453. The minimum atomic E-state index is -3.91. The maximum absolute atomic E-state index is 13.5. The summed E-state index contributed by atoms with van der Waals surface area (Å²) >= 11 is 0. The number of nitrogens with zero attached hydrogens (tertiary/aromatic N) is 2. The molecule has 0 spiro atoms. The molecule has 1 aliphatic carbocycles. The predicted molar refractivity (Wildman–Crippen MR) is 159 cm³/mol. The van der Waals surface area contributed by atoms with Gasteiger partial charge in [-0.3, -0.25) is 9.59 Å². The molecule has 2 atom stereocenters. The Kier molecular flexibility index (Phi) is 9.52. The quantitative estimate of drug-likeness (QED) is 0.389. The zero-order valence-corrected chi connectivity index (χ0v) is 24.3. The third-order valence-corrected chi connectivity index (χ3v) is 10.1. The summed E-state index contributed by atoms with van der Waals surface area (Å²) in [5.41, 5.74) is 0.575. The average Bonchev–Trinajstić information content (AvgIpc) is 3.03. The number of benzene rings is 3. The molecule has 10 heteroatoms. The first-order valence-electron chi connectivity index (χ1n) is 14.5. The van der Waals surface area contributed by atoms with E-state index >= 15 is 0 Å². The molecule has 3 aromatic rings. The highest BCUT2D eigenvalue weighted by atomic mass is 32.2. The summed E-state index contributed by atoms with van der Waals surface area (Å²) in [4.78, 5) is 26.7. The summed E-state index contributed by atoms with van der Waals surface area (Å²) < 4.78 is 33.7. The molecule has 1 heterocycles. The summed E-state index contributed by atoms with van der Waals surface area (Å²) in [7, 11) is -3.91. The molecular formula is C32H36N4O5S. The van der Waals surface area contributed by atoms with E-state index in [0.717, 1.165) is 36.5 Å². The molecule has 3 aromatic carbocycles. The maximum atomic E-state index is 13.5. The number of rotatable bonds is 9. The van der Waals surface area contributed by atoms with Crippen LogP contribution in [0.2, 0.25) is 0 Å². The van der Waals surface area contributed by atoms with Crippen LogP contribution in [0.5, 0.6) is 0 Å². The largest absolute Gasteiger partial charge is 0.374 e. The van der Waals surface area contributed by atoms with Crippen LogP contribution in [-0.2, 0) is 19.6 Å². The van der Waals surface area contributed by atoms with Crippen LogP contribution < -0.4 is 10.6 Å². The molecule has 1 saturated heterocycles. The average molecular weight is 589 g/mol. The van der Waals surface area contributed by atoms with Crippen LogP contribution in [0.15, 0.2) is 71.6 Å². The lowest BCUT2D eigenvalue weighted by Crippen LogP contribution is -2.53. The summed E-state index contributed by atoms with van der Waals surface area (Å²) in [6.07, 6.45) is 5.45. The van der Waals surface area contributed by atoms with E-state index in [1.807, 2.05) is 42.5 Å². The molecule has 9 nitrogen and oxygen atoms in total. The fourth-order valence-electron chi connectivity index (χ4n) is 5.85. The van der Waals surface area contributed by atoms with Gasteiger partial charge in [-0.15, -0.1) is 0 Å². The molecule has 0 radical (unpaired) electrons. The van der Waals surface area contributed by atoms with E-state index in [1.54, 1.807) is 18.2 Å². The van der Waals surface area contributed by atoms with Crippen LogP contribution >= 0.6 is 0 Å². The summed E-state index contributed by atoms with van der Waals surface area (Å²) in [6, 6.07) is 20.6. The number of carbonyl (C=O) groups excluding carboxylic acids is 2. The van der Waals surface area contributed by atoms with E-state index in [4.69, 9.17) is 4.74 Å². The predicted octanol–water partition coefficient (Wildman–Crippen LogP) is 3.99. The second-order valence-corrected chi connectivity index (χ2v) is 12.9. The van der Waals surface area contributed by atoms with Crippen LogP contribution in [0.1, 0.15) is 54.4 Å². The van der Waals surface area contributed by atoms with Crippen LogP contribution in [0.25, 0.3) is 10.8 Å². The molecule has 2 N–H and O–H groups in total. The smallest absolute Gasteiger partial charge is 0.251 e. The third kappa shape index (κ3) is 6.98. The highest BCUT2D eigenvalue weighted by molar-refractivity contribution is 7.89. The number of nitriles is 1. The van der Waals surface area contributed by atoms with Crippen molar-refractivity contribution in [3.8, 4) is 6.07 Å². The van der Waals surface area contributed by atoms with Crippen molar-refractivity contribution >= 4 is 32.6 Å². The van der Waals surface area contributed by atoms with Gasteiger partial charge in [0, 0.05) is 25.2 Å². The number of morpholine rings is 1. The molecule has 220 valence electrons. The van der Waals surface area contributed by atoms with Gasteiger partial charge in [-0.05, 0) is 47.4 Å². The highest BCUT2D eigenvalue weighted by Crippen LogP contribution is 2.28. The van der Waals surface area contributed by atoms with Crippen molar-refractivity contribution < 1.29 is 22.7 Å². The Balaban J connectivity index is 1.25. The number of amides is 2. The molecule has 2 aliphatic rings. The molecule has 2 amide bonds. The van der Waals surface area contributed by atoms with Gasteiger partial charge in [0.1, 0.15) is 12.1 Å². The Morgan fingerprint density at radius 1 is 1.00 bits per heavy atom. The SMILES string of the molecule is N#Cc1ccccc1S(=O)(=O)N1CCOC(CNC(=O)[C@H](CC2CCCCC2)NC(=O)c2ccc3ccccc3c2)C1. The number of ether oxygens (including phenoxy) is 1. The molecular weight excluding hydrogens is 552 g/mol. The van der Waals surface area contributed by atoms with Crippen molar-refractivity contribution in [1.82, 2.24) is 14.9 Å². The summed E-state index contributed by atoms with van der Waals surface area (Å²) in [5.74, 6) is -0.273. The third-order valence-electron chi connectivity index (χ3n) is 8.16. The molecule has 5 rings (SSSR count). The van der Waals surface area contributed by atoms with Gasteiger partial charge in [-0.2, -0.15) is 9.57 Å². The first kappa shape index (κ1) is 29.7. The zero-order chi connectivity index (χ0) is 29.5. The lowest BCUT2D eigenvalue weighted by Gasteiger charge is -2.33. The Hall–Kier alpha value is -3.78. The van der Waals surface area contributed by atoms with Crippen LogP contribution in [0.3, 0.4) is 0 Å². The van der Waals surface area contributed by atoms with Crippen molar-refractivity contribution in [2.75, 3.05) is 26.2 Å². The van der Waals surface area contributed by atoms with Gasteiger partial charge in [-0.25, -0.2) is 8.42 Å². The number of carbonyl (C=O) groups is 2. The van der Waals surface area contributed by atoms with Crippen molar-refractivity contribution in [3.63, 3.8) is 0 Å². The second kappa shape index (κ2) is 13.5. The second-order valence-electron chi connectivity index (χ2n) is 11.0. The van der Waals surface area contributed by atoms with Crippen LogP contribution in [-0.4, -0.2) is 62.9 Å². The minimum Gasteiger partial charge on any atom is -0.374 e. The molecule has 1 unspecified atom stereocenters. The van der Waals surface area contributed by atoms with Gasteiger partial charge >= 0.3 is 0 Å². The highest BCUT2D eigenvalue weighted by Gasteiger charge is 2.33. The molecule has 1 aliphatic heterocycles. The monoisotopic (exact) mass is 588 g/mol. The van der Waals surface area contributed by atoms with Gasteiger partial charge in [0.05, 0.1) is 23.2 Å². The van der Waals surface area contributed by atoms with E-state index < -0.39 is 22.2 Å². The number of nitrogens with one attached hydrogen (secondary N) is 2. The first-order valence-corrected chi connectivity index (χ1v) is 16.0. The number of hydrogen-bond acceptors (Lipinski definition) is 6. The van der Waals surface area contributed by atoms with E-state index in [2.05, 4.69) is 10.6 Å². The number of hydrogen-bond donors (Lipinski definition) is 2. The van der Waals surface area contributed by atoms with E-state index in [9.17, 15) is 23.3 Å². The van der Waals surface area contributed by atoms with Crippen LogP contribution in [0.4, 0.5) is 0 Å². The van der Waals surface area contributed by atoms with Crippen molar-refractivity contribution in [1.29, 1.82) is 5.26 Å². The van der Waals surface area contributed by atoms with Crippen molar-refractivity contribution in [3.05, 3.63) is 77.9 Å². The Morgan fingerprint density at radius 2 is 1.74 bits per heavy atom. The van der Waals surface area contributed by atoms with Gasteiger partial charge in [0.2, 0.25) is 15.9 Å². The first-order chi connectivity index (χ1) is 20.3. The Labute approximate surface area is 246 Å². The molecule has 2 fully saturated rings. The van der Waals surface area contributed by atoms with Gasteiger partial charge in [0.25, 0.3) is 5.91 Å². The van der Waals surface area contributed by atoms with E-state index in [0.29, 0.717) is 17.9 Å². The Morgan fingerprint density at radius 3 is 2.52 bits per heavy atom. The lowest BCUT2D eigenvalue weighted by atomic mass is 9.84. The zero-order valence-electron chi connectivity index (χ0n) is 23.5. The van der Waals surface area contributed by atoms with Crippen molar-refractivity contribution in [2.45, 2.75) is 55.6 Å². The standard InChI is InChI=1S/C32H36N4O5S/c33-20-27-12-6-7-13-30(27)42(39,40)36-16-17-41-28(22-36)21-34-32(38)29(18-23-8-2-1-3-9-23)35-31(37)26-15-14-24-10-4-5-11-25(24)19-26/h4-7,10-15,19,23,28-29H,1-3,8-9,16-18,21-22H2,(H,34,38)(H,35,37)/t28?,29-/m0/s1. The normalized spacial score (nSPS) is 19.1. The van der Waals surface area contributed by atoms with Gasteiger partial charge in [-0.1, -0.05) is 74.6 Å². The van der Waals surface area contributed by atoms with Gasteiger partial charge < -0.3 is 15.4 Å². The fraction of sp³-hybridized carbons (Fsp3) is 0.406.